The molecule has 6 heteroatoms. The number of aryl methyl sites for hydroxylation is 1. The van der Waals surface area contributed by atoms with Crippen LogP contribution in [0.2, 0.25) is 0 Å². The Hall–Kier alpha value is -2.89. The molecule has 0 fully saturated rings. The van der Waals surface area contributed by atoms with Crippen LogP contribution in [0.4, 0.5) is 10.1 Å². The van der Waals surface area contributed by atoms with Gasteiger partial charge in [-0.05, 0) is 38.5 Å². The van der Waals surface area contributed by atoms with Crippen molar-refractivity contribution in [3.63, 3.8) is 0 Å². The van der Waals surface area contributed by atoms with Gasteiger partial charge in [0.15, 0.2) is 5.69 Å². The van der Waals surface area contributed by atoms with Gasteiger partial charge in [-0.25, -0.2) is 9.18 Å². The first-order valence-electron chi connectivity index (χ1n) is 7.95. The highest BCUT2D eigenvalue weighted by Crippen LogP contribution is 2.34. The summed E-state index contributed by atoms with van der Waals surface area (Å²) in [5.74, 6) is -1.29. The molecule has 0 atom stereocenters. The monoisotopic (exact) mass is 344 g/mol. The van der Waals surface area contributed by atoms with Crippen LogP contribution in [0, 0.1) is 5.82 Å². The molecule has 25 heavy (non-hydrogen) atoms. The Labute approximate surface area is 146 Å². The number of anilines is 1. The van der Waals surface area contributed by atoms with Crippen LogP contribution in [0.1, 0.15) is 31.3 Å². The highest BCUT2D eigenvalue weighted by atomic mass is 19.1. The third-order valence-corrected chi connectivity index (χ3v) is 3.82. The van der Waals surface area contributed by atoms with Crippen molar-refractivity contribution in [1.29, 1.82) is 0 Å². The second kappa shape index (κ2) is 7.79. The Bertz CT molecular complexity index is 837. The van der Waals surface area contributed by atoms with Crippen molar-refractivity contribution in [1.82, 2.24) is 4.57 Å². The van der Waals surface area contributed by atoms with E-state index in [4.69, 9.17) is 4.74 Å². The number of halogens is 1. The number of aromatic nitrogens is 1. The number of nitrogens with one attached hydrogen (secondary N) is 1. The first-order chi connectivity index (χ1) is 11.9. The summed E-state index contributed by atoms with van der Waals surface area (Å²) in [6, 6.07) is 5.97. The first-order valence-corrected chi connectivity index (χ1v) is 7.95. The maximum absolute atomic E-state index is 13.6. The Balaban J connectivity index is 2.61. The third kappa shape index (κ3) is 3.96. The smallest absolute Gasteiger partial charge is 0.357 e. The Morgan fingerprint density at radius 3 is 2.68 bits per heavy atom. The van der Waals surface area contributed by atoms with Gasteiger partial charge in [0.1, 0.15) is 5.82 Å². The summed E-state index contributed by atoms with van der Waals surface area (Å²) in [7, 11) is 1.67. The molecule has 0 aliphatic rings. The van der Waals surface area contributed by atoms with Crippen molar-refractivity contribution in [3.8, 4) is 11.1 Å². The van der Waals surface area contributed by atoms with Crippen molar-refractivity contribution in [2.75, 3.05) is 11.9 Å². The summed E-state index contributed by atoms with van der Waals surface area (Å²) in [5.41, 5.74) is 2.11. The van der Waals surface area contributed by atoms with E-state index in [1.807, 2.05) is 0 Å². The summed E-state index contributed by atoms with van der Waals surface area (Å²) < 4.78 is 20.3. The van der Waals surface area contributed by atoms with Crippen LogP contribution in [-0.2, 0) is 16.6 Å². The fourth-order valence-electron chi connectivity index (χ4n) is 2.42. The fourth-order valence-corrected chi connectivity index (χ4v) is 2.42. The Kier molecular flexibility index (Phi) is 5.75. The van der Waals surface area contributed by atoms with Crippen LogP contribution >= 0.6 is 0 Å². The molecule has 0 spiro atoms. The molecule has 132 valence electrons. The summed E-state index contributed by atoms with van der Waals surface area (Å²) in [6.07, 6.45) is 3.34. The Morgan fingerprint density at radius 1 is 1.36 bits per heavy atom. The SMILES string of the molecule is C/C=C(\C)C(=O)Nc1c(-c2cccc(F)c2)cn(C)c1C(=O)OCC. The largest absolute Gasteiger partial charge is 0.461 e. The van der Waals surface area contributed by atoms with Crippen molar-refractivity contribution in [2.45, 2.75) is 20.8 Å². The van der Waals surface area contributed by atoms with E-state index in [1.165, 1.54) is 12.1 Å². The van der Waals surface area contributed by atoms with Crippen molar-refractivity contribution < 1.29 is 18.7 Å². The molecule has 0 radical (unpaired) electrons. The standard InChI is InChI=1S/C19H21FN2O3/c1-5-12(3)18(23)21-16-15(13-8-7-9-14(20)10-13)11-22(4)17(16)19(24)25-6-2/h5,7-11H,6H2,1-4H3,(H,21,23)/b12-5+. The molecule has 0 aliphatic carbocycles. The topological polar surface area (TPSA) is 60.3 Å². The lowest BCUT2D eigenvalue weighted by molar-refractivity contribution is -0.112. The molecule has 1 amide bonds. The zero-order valence-electron chi connectivity index (χ0n) is 14.7. The highest BCUT2D eigenvalue weighted by molar-refractivity contribution is 6.10. The zero-order valence-corrected chi connectivity index (χ0v) is 14.7. The van der Waals surface area contributed by atoms with E-state index in [-0.39, 0.29) is 18.2 Å². The molecule has 2 aromatic rings. The number of benzene rings is 1. The van der Waals surface area contributed by atoms with Gasteiger partial charge in [-0.15, -0.1) is 0 Å². The van der Waals surface area contributed by atoms with E-state index in [9.17, 15) is 14.0 Å². The number of amides is 1. The highest BCUT2D eigenvalue weighted by Gasteiger charge is 2.24. The molecule has 0 aliphatic heterocycles. The van der Waals surface area contributed by atoms with E-state index in [0.717, 1.165) is 0 Å². The second-order valence-corrected chi connectivity index (χ2v) is 5.53. The zero-order chi connectivity index (χ0) is 18.6. The predicted molar refractivity (Wildman–Crippen MR) is 94.8 cm³/mol. The molecule has 1 aromatic carbocycles. The van der Waals surface area contributed by atoms with Gasteiger partial charge in [-0.3, -0.25) is 4.79 Å². The summed E-state index contributed by atoms with van der Waals surface area (Å²) in [5, 5.41) is 2.76. The minimum absolute atomic E-state index is 0.207. The van der Waals surface area contributed by atoms with Crippen molar-refractivity contribution in [2.24, 2.45) is 7.05 Å². The average molecular weight is 344 g/mol. The van der Waals surface area contributed by atoms with Gasteiger partial charge < -0.3 is 14.6 Å². The van der Waals surface area contributed by atoms with Gasteiger partial charge in [0.05, 0.1) is 12.3 Å². The number of carbonyl (C=O) groups excluding carboxylic acids is 2. The molecular formula is C19H21FN2O3. The molecule has 1 aromatic heterocycles. The van der Waals surface area contributed by atoms with Crippen LogP contribution < -0.4 is 5.32 Å². The minimum Gasteiger partial charge on any atom is -0.461 e. The Morgan fingerprint density at radius 2 is 2.08 bits per heavy atom. The van der Waals surface area contributed by atoms with Crippen LogP contribution in [0.25, 0.3) is 11.1 Å². The quantitative estimate of drug-likeness (QED) is 0.661. The predicted octanol–water partition coefficient (Wildman–Crippen LogP) is 3.91. The molecule has 0 unspecified atom stereocenters. The molecule has 0 saturated carbocycles. The summed E-state index contributed by atoms with van der Waals surface area (Å²) in [6.45, 7) is 5.33. The van der Waals surface area contributed by atoms with Gasteiger partial charge in [-0.1, -0.05) is 18.2 Å². The van der Waals surface area contributed by atoms with Crippen LogP contribution in [0.15, 0.2) is 42.1 Å². The van der Waals surface area contributed by atoms with Gasteiger partial charge in [0.2, 0.25) is 0 Å². The first kappa shape index (κ1) is 18.4. The van der Waals surface area contributed by atoms with E-state index >= 15 is 0 Å². The maximum Gasteiger partial charge on any atom is 0.357 e. The van der Waals surface area contributed by atoms with Crippen LogP contribution in [-0.4, -0.2) is 23.1 Å². The number of hydrogen-bond donors (Lipinski definition) is 1. The molecule has 1 N–H and O–H groups in total. The van der Waals surface area contributed by atoms with Gasteiger partial charge in [-0.2, -0.15) is 0 Å². The van der Waals surface area contributed by atoms with Crippen LogP contribution in [0.3, 0.4) is 0 Å². The second-order valence-electron chi connectivity index (χ2n) is 5.53. The summed E-state index contributed by atoms with van der Waals surface area (Å²) >= 11 is 0. The number of allylic oxidation sites excluding steroid dienone is 1. The van der Waals surface area contributed by atoms with Crippen molar-refractivity contribution in [3.05, 3.63) is 53.6 Å². The van der Waals surface area contributed by atoms with E-state index < -0.39 is 11.8 Å². The van der Waals surface area contributed by atoms with Gasteiger partial charge in [0.25, 0.3) is 5.91 Å². The van der Waals surface area contributed by atoms with E-state index in [0.29, 0.717) is 22.4 Å². The lowest BCUT2D eigenvalue weighted by Gasteiger charge is -2.11. The van der Waals surface area contributed by atoms with E-state index in [1.54, 1.807) is 56.8 Å². The maximum atomic E-state index is 13.6. The molecular weight excluding hydrogens is 323 g/mol. The fraction of sp³-hybridized carbons (Fsp3) is 0.263. The molecule has 0 bridgehead atoms. The van der Waals surface area contributed by atoms with Gasteiger partial charge in [0, 0.05) is 24.4 Å². The molecule has 2 rings (SSSR count). The lowest BCUT2D eigenvalue weighted by Crippen LogP contribution is -2.17. The number of rotatable bonds is 5. The van der Waals surface area contributed by atoms with Crippen molar-refractivity contribution >= 4 is 17.6 Å². The number of esters is 1. The third-order valence-electron chi connectivity index (χ3n) is 3.82. The van der Waals surface area contributed by atoms with Crippen LogP contribution in [0.5, 0.6) is 0 Å². The lowest BCUT2D eigenvalue weighted by atomic mass is 10.1. The minimum atomic E-state index is -0.555. The number of hydrogen-bond acceptors (Lipinski definition) is 3. The molecule has 1 heterocycles. The number of nitrogens with zero attached hydrogens (tertiary/aromatic N) is 1. The molecule has 0 saturated heterocycles. The average Bonchev–Trinajstić information content (AvgIpc) is 2.90. The summed E-state index contributed by atoms with van der Waals surface area (Å²) in [4.78, 5) is 24.7. The molecule has 5 nitrogen and oxygen atoms in total. The number of ether oxygens (including phenoxy) is 1. The van der Waals surface area contributed by atoms with E-state index in [2.05, 4.69) is 5.32 Å². The van der Waals surface area contributed by atoms with Gasteiger partial charge >= 0.3 is 5.97 Å². The number of carbonyl (C=O) groups is 2. The normalized spacial score (nSPS) is 11.3.